The van der Waals surface area contributed by atoms with Crippen molar-refractivity contribution in [2.45, 2.75) is 44.8 Å². The quantitative estimate of drug-likeness (QED) is 0.852. The van der Waals surface area contributed by atoms with Gasteiger partial charge in [-0.15, -0.1) is 0 Å². The van der Waals surface area contributed by atoms with Crippen LogP contribution in [-0.2, 0) is 16.7 Å². The molecule has 0 amide bonds. The predicted octanol–water partition coefficient (Wildman–Crippen LogP) is 2.24. The number of aliphatic hydroxyl groups is 1. The molecule has 16 heavy (non-hydrogen) atoms. The molecule has 1 heterocycles. The number of fused-ring (bicyclic) bond motifs is 1. The lowest BCUT2D eigenvalue weighted by Crippen LogP contribution is -2.33. The van der Waals surface area contributed by atoms with Gasteiger partial charge in [0.15, 0.2) is 0 Å². The second kappa shape index (κ2) is 4.22. The molecule has 1 N–H and O–H groups in total. The first kappa shape index (κ1) is 11.7. The van der Waals surface area contributed by atoms with Gasteiger partial charge in [0, 0.05) is 24.6 Å². The Morgan fingerprint density at radius 3 is 3.00 bits per heavy atom. The van der Waals surface area contributed by atoms with Crippen LogP contribution < -0.4 is 0 Å². The normalized spacial score (nSPS) is 20.9. The fourth-order valence-corrected chi connectivity index (χ4v) is 2.66. The number of ether oxygens (including phenoxy) is 1. The fourth-order valence-electron chi connectivity index (χ4n) is 2.66. The van der Waals surface area contributed by atoms with Crippen molar-refractivity contribution in [1.29, 1.82) is 0 Å². The summed E-state index contributed by atoms with van der Waals surface area (Å²) in [6.45, 7) is 5.01. The Labute approximate surface area is 97.0 Å². The van der Waals surface area contributed by atoms with Crippen LogP contribution in [0.1, 0.15) is 44.1 Å². The molecule has 1 atom stereocenters. The summed E-state index contributed by atoms with van der Waals surface area (Å²) in [5.41, 5.74) is 2.34. The molecule has 0 bridgehead atoms. The topological polar surface area (TPSA) is 34.4 Å². The van der Waals surface area contributed by atoms with Crippen molar-refractivity contribution < 1.29 is 9.84 Å². The zero-order valence-corrected chi connectivity index (χ0v) is 10.4. The van der Waals surface area contributed by atoms with Crippen LogP contribution in [0.15, 0.2) is 12.3 Å². The van der Waals surface area contributed by atoms with Crippen molar-refractivity contribution >= 4 is 0 Å². The molecule has 0 fully saturated rings. The molecule has 3 nitrogen and oxygen atoms in total. The molecular weight excluding hydrogens is 202 g/mol. The number of rotatable bonds is 3. The van der Waals surface area contributed by atoms with Gasteiger partial charge in [0.05, 0.1) is 18.2 Å². The van der Waals surface area contributed by atoms with Gasteiger partial charge in [-0.3, -0.25) is 0 Å². The van der Waals surface area contributed by atoms with Gasteiger partial charge < -0.3 is 14.4 Å². The Morgan fingerprint density at radius 2 is 2.31 bits per heavy atom. The molecule has 3 heteroatoms. The van der Waals surface area contributed by atoms with E-state index in [2.05, 4.69) is 30.7 Å². The maximum absolute atomic E-state index is 9.93. The molecule has 2 rings (SSSR count). The molecule has 0 saturated carbocycles. The fraction of sp³-hybridized carbons (Fsp3) is 0.692. The van der Waals surface area contributed by atoms with E-state index in [9.17, 15) is 5.11 Å². The summed E-state index contributed by atoms with van der Waals surface area (Å²) in [5, 5.41) is 9.93. The summed E-state index contributed by atoms with van der Waals surface area (Å²) in [6.07, 6.45) is 4.83. The number of hydrogen-bond acceptors (Lipinski definition) is 2. The van der Waals surface area contributed by atoms with Crippen molar-refractivity contribution in [3.8, 4) is 0 Å². The minimum absolute atomic E-state index is 0.0423. The lowest BCUT2D eigenvalue weighted by molar-refractivity contribution is 0.105. The van der Waals surface area contributed by atoms with Gasteiger partial charge in [0.2, 0.25) is 0 Å². The van der Waals surface area contributed by atoms with Crippen molar-refractivity contribution in [1.82, 2.24) is 4.57 Å². The molecule has 90 valence electrons. The summed E-state index contributed by atoms with van der Waals surface area (Å²) in [4.78, 5) is 0. The predicted molar refractivity (Wildman–Crippen MR) is 63.5 cm³/mol. The zero-order valence-electron chi connectivity index (χ0n) is 10.4. The first-order chi connectivity index (χ1) is 7.56. The number of aliphatic hydroxyl groups excluding tert-OH is 1. The van der Waals surface area contributed by atoms with Gasteiger partial charge in [-0.05, 0) is 39.2 Å². The zero-order chi connectivity index (χ0) is 11.8. The lowest BCUT2D eigenvalue weighted by atomic mass is 9.94. The van der Waals surface area contributed by atoms with Crippen LogP contribution in [0.3, 0.4) is 0 Å². The van der Waals surface area contributed by atoms with Gasteiger partial charge in [-0.2, -0.15) is 0 Å². The van der Waals surface area contributed by atoms with E-state index in [4.69, 9.17) is 4.74 Å². The van der Waals surface area contributed by atoms with Gasteiger partial charge >= 0.3 is 0 Å². The van der Waals surface area contributed by atoms with Crippen molar-refractivity contribution in [3.05, 3.63) is 23.5 Å². The maximum atomic E-state index is 9.93. The van der Waals surface area contributed by atoms with E-state index in [-0.39, 0.29) is 11.6 Å². The van der Waals surface area contributed by atoms with Crippen LogP contribution in [0.5, 0.6) is 0 Å². The summed E-state index contributed by atoms with van der Waals surface area (Å²) >= 11 is 0. The van der Waals surface area contributed by atoms with Gasteiger partial charge in [0.25, 0.3) is 0 Å². The molecule has 1 aliphatic rings. The third-order valence-electron chi connectivity index (χ3n) is 3.43. The van der Waals surface area contributed by atoms with E-state index in [0.717, 1.165) is 24.8 Å². The summed E-state index contributed by atoms with van der Waals surface area (Å²) in [7, 11) is 1.73. The number of aromatic nitrogens is 1. The van der Waals surface area contributed by atoms with E-state index >= 15 is 0 Å². The molecule has 1 aromatic heterocycles. The molecule has 0 spiro atoms. The Balaban J connectivity index is 2.36. The first-order valence-electron chi connectivity index (χ1n) is 5.94. The Kier molecular flexibility index (Phi) is 3.08. The largest absolute Gasteiger partial charge is 0.388 e. The molecule has 0 aliphatic heterocycles. The van der Waals surface area contributed by atoms with Gasteiger partial charge in [0.1, 0.15) is 0 Å². The smallest absolute Gasteiger partial charge is 0.0807 e. The average Bonchev–Trinajstić information content (AvgIpc) is 2.63. The van der Waals surface area contributed by atoms with Crippen LogP contribution in [-0.4, -0.2) is 23.4 Å². The lowest BCUT2D eigenvalue weighted by Gasteiger charge is -2.30. The third kappa shape index (κ3) is 1.89. The van der Waals surface area contributed by atoms with E-state index in [0.29, 0.717) is 6.61 Å². The monoisotopic (exact) mass is 223 g/mol. The van der Waals surface area contributed by atoms with E-state index in [1.165, 1.54) is 5.69 Å². The Hall–Kier alpha value is -0.800. The SMILES string of the molecule is COCC(C)(C)n1ccc2c1CCCC2O. The second-order valence-electron chi connectivity index (χ2n) is 5.24. The first-order valence-corrected chi connectivity index (χ1v) is 5.94. The minimum Gasteiger partial charge on any atom is -0.388 e. The van der Waals surface area contributed by atoms with E-state index in [1.54, 1.807) is 7.11 Å². The highest BCUT2D eigenvalue weighted by Gasteiger charge is 2.27. The average molecular weight is 223 g/mol. The molecule has 1 aliphatic carbocycles. The summed E-state index contributed by atoms with van der Waals surface area (Å²) < 4.78 is 7.52. The van der Waals surface area contributed by atoms with Crippen LogP contribution >= 0.6 is 0 Å². The third-order valence-corrected chi connectivity index (χ3v) is 3.43. The van der Waals surface area contributed by atoms with Crippen LogP contribution in [0, 0.1) is 0 Å². The van der Waals surface area contributed by atoms with Crippen molar-refractivity contribution in [2.75, 3.05) is 13.7 Å². The molecule has 1 unspecified atom stereocenters. The van der Waals surface area contributed by atoms with Crippen LogP contribution in [0.2, 0.25) is 0 Å². The van der Waals surface area contributed by atoms with E-state index in [1.807, 2.05) is 0 Å². The standard InChI is InChI=1S/C13H21NO2/c1-13(2,9-16-3)14-8-7-10-11(14)5-4-6-12(10)15/h7-8,12,15H,4-6,9H2,1-3H3. The van der Waals surface area contributed by atoms with Crippen LogP contribution in [0.4, 0.5) is 0 Å². The van der Waals surface area contributed by atoms with Gasteiger partial charge in [-0.25, -0.2) is 0 Å². The highest BCUT2D eigenvalue weighted by atomic mass is 16.5. The highest BCUT2D eigenvalue weighted by molar-refractivity contribution is 5.28. The molecular formula is C13H21NO2. The van der Waals surface area contributed by atoms with Crippen LogP contribution in [0.25, 0.3) is 0 Å². The van der Waals surface area contributed by atoms with E-state index < -0.39 is 0 Å². The molecule has 0 saturated heterocycles. The minimum atomic E-state index is -0.275. The highest BCUT2D eigenvalue weighted by Crippen LogP contribution is 2.33. The maximum Gasteiger partial charge on any atom is 0.0807 e. The summed E-state index contributed by atoms with van der Waals surface area (Å²) in [6, 6.07) is 2.05. The van der Waals surface area contributed by atoms with Crippen molar-refractivity contribution in [3.63, 3.8) is 0 Å². The summed E-state index contributed by atoms with van der Waals surface area (Å²) in [5.74, 6) is 0. The number of nitrogens with zero attached hydrogens (tertiary/aromatic N) is 1. The molecule has 1 aromatic rings. The molecule has 0 radical (unpaired) electrons. The molecule has 0 aromatic carbocycles. The Bertz CT molecular complexity index is 368. The Morgan fingerprint density at radius 1 is 1.56 bits per heavy atom. The second-order valence-corrected chi connectivity index (χ2v) is 5.24. The van der Waals surface area contributed by atoms with Gasteiger partial charge in [-0.1, -0.05) is 0 Å². The number of hydrogen-bond donors (Lipinski definition) is 1. The van der Waals surface area contributed by atoms with Crippen molar-refractivity contribution in [2.24, 2.45) is 0 Å². The number of methoxy groups -OCH3 is 1.